The molecular formula is C77H151NO5. The number of ether oxygens (including phenoxy) is 1. The number of esters is 1. The fraction of sp³-hybridized carbons (Fsp3) is 0.948. The van der Waals surface area contributed by atoms with Crippen molar-refractivity contribution >= 4 is 11.9 Å². The van der Waals surface area contributed by atoms with E-state index in [1.165, 1.54) is 379 Å². The first kappa shape index (κ1) is 81.6. The third-order valence-corrected chi connectivity index (χ3v) is 18.3. The van der Waals surface area contributed by atoms with Gasteiger partial charge in [-0.05, 0) is 32.1 Å². The summed E-state index contributed by atoms with van der Waals surface area (Å²) in [5.74, 6) is -0.0323. The van der Waals surface area contributed by atoms with Gasteiger partial charge >= 0.3 is 5.97 Å². The molecule has 6 heteroatoms. The number of allylic oxidation sites excluding steroid dienone is 1. The molecule has 0 fully saturated rings. The number of carbonyl (C=O) groups excluding carboxylic acids is 2. The molecule has 494 valence electrons. The molecular weight excluding hydrogens is 1020 g/mol. The number of hydrogen-bond donors (Lipinski definition) is 3. The minimum atomic E-state index is -0.838. The molecule has 83 heavy (non-hydrogen) atoms. The summed E-state index contributed by atoms with van der Waals surface area (Å²) < 4.78 is 5.52. The van der Waals surface area contributed by atoms with E-state index in [-0.39, 0.29) is 18.5 Å². The molecule has 0 spiro atoms. The number of aliphatic hydroxyl groups is 2. The lowest BCUT2D eigenvalue weighted by molar-refractivity contribution is -0.143. The highest BCUT2D eigenvalue weighted by molar-refractivity contribution is 5.76. The summed E-state index contributed by atoms with van der Waals surface area (Å²) in [7, 11) is 0. The Balaban J connectivity index is 3.27. The molecule has 0 aromatic carbocycles. The highest BCUT2D eigenvalue weighted by Gasteiger charge is 2.18. The SMILES string of the molecule is CCCCCCCCCCCC/C=C/C(O)C(CO)NC(=O)CCCCCCCCCCCCCCCCCCCCCCCCCCCCCCCCCCCCCCCOC(=O)CCCCCCCCCCCCCCCCCCC. The van der Waals surface area contributed by atoms with E-state index >= 15 is 0 Å². The van der Waals surface area contributed by atoms with Crippen molar-refractivity contribution in [1.82, 2.24) is 5.32 Å². The second kappa shape index (κ2) is 73.1. The number of amides is 1. The van der Waals surface area contributed by atoms with Gasteiger partial charge in [0.2, 0.25) is 5.91 Å². The number of rotatable bonds is 73. The van der Waals surface area contributed by atoms with Crippen LogP contribution in [0.3, 0.4) is 0 Å². The van der Waals surface area contributed by atoms with Gasteiger partial charge in [-0.15, -0.1) is 0 Å². The zero-order chi connectivity index (χ0) is 59.9. The van der Waals surface area contributed by atoms with Gasteiger partial charge in [-0.1, -0.05) is 411 Å². The minimum Gasteiger partial charge on any atom is -0.466 e. The van der Waals surface area contributed by atoms with Gasteiger partial charge in [0.15, 0.2) is 0 Å². The van der Waals surface area contributed by atoms with Crippen molar-refractivity contribution in [3.05, 3.63) is 12.2 Å². The molecule has 0 aliphatic heterocycles. The second-order valence-corrected chi connectivity index (χ2v) is 26.7. The first-order valence-corrected chi connectivity index (χ1v) is 38.5. The zero-order valence-electron chi connectivity index (χ0n) is 56.7. The summed E-state index contributed by atoms with van der Waals surface area (Å²) in [5.41, 5.74) is 0. The second-order valence-electron chi connectivity index (χ2n) is 26.7. The number of hydrogen-bond acceptors (Lipinski definition) is 5. The maximum absolute atomic E-state index is 12.5. The van der Waals surface area contributed by atoms with Crippen molar-refractivity contribution in [2.45, 2.75) is 456 Å². The first-order valence-electron chi connectivity index (χ1n) is 38.5. The van der Waals surface area contributed by atoms with E-state index < -0.39 is 12.1 Å². The number of aliphatic hydroxyl groups excluding tert-OH is 2. The Kier molecular flexibility index (Phi) is 71.8. The van der Waals surface area contributed by atoms with Crippen molar-refractivity contribution < 1.29 is 24.5 Å². The fourth-order valence-corrected chi connectivity index (χ4v) is 12.5. The molecule has 6 nitrogen and oxygen atoms in total. The first-order chi connectivity index (χ1) is 41.0. The van der Waals surface area contributed by atoms with Crippen LogP contribution in [0.2, 0.25) is 0 Å². The van der Waals surface area contributed by atoms with Crippen LogP contribution in [0.1, 0.15) is 444 Å². The van der Waals surface area contributed by atoms with Gasteiger partial charge in [0.25, 0.3) is 0 Å². The topological polar surface area (TPSA) is 95.9 Å². The van der Waals surface area contributed by atoms with Crippen molar-refractivity contribution in [2.75, 3.05) is 13.2 Å². The molecule has 0 rings (SSSR count). The van der Waals surface area contributed by atoms with Crippen molar-refractivity contribution in [3.63, 3.8) is 0 Å². The van der Waals surface area contributed by atoms with Crippen LogP contribution < -0.4 is 5.32 Å². The lowest BCUT2D eigenvalue weighted by Crippen LogP contribution is -2.45. The van der Waals surface area contributed by atoms with E-state index in [4.69, 9.17) is 4.74 Å². The monoisotopic (exact) mass is 1170 g/mol. The third-order valence-electron chi connectivity index (χ3n) is 18.3. The highest BCUT2D eigenvalue weighted by atomic mass is 16.5. The number of nitrogens with one attached hydrogen (secondary N) is 1. The van der Waals surface area contributed by atoms with Gasteiger partial charge in [0.1, 0.15) is 0 Å². The molecule has 2 atom stereocenters. The lowest BCUT2D eigenvalue weighted by atomic mass is 10.0. The molecule has 2 unspecified atom stereocenters. The van der Waals surface area contributed by atoms with Crippen LogP contribution in [-0.4, -0.2) is 47.4 Å². The van der Waals surface area contributed by atoms with Gasteiger partial charge < -0.3 is 20.3 Å². The van der Waals surface area contributed by atoms with E-state index in [0.717, 1.165) is 38.5 Å². The summed E-state index contributed by atoms with van der Waals surface area (Å²) in [6.45, 7) is 4.95. The Bertz CT molecular complexity index is 1260. The van der Waals surface area contributed by atoms with Crippen LogP contribution in [0, 0.1) is 0 Å². The normalized spacial score (nSPS) is 12.5. The molecule has 0 aliphatic rings. The molecule has 0 aliphatic carbocycles. The summed E-state index contributed by atoms with van der Waals surface area (Å²) in [6.07, 6.45) is 92.0. The predicted molar refractivity (Wildman–Crippen MR) is 366 cm³/mol. The molecule has 0 saturated heterocycles. The van der Waals surface area contributed by atoms with E-state index in [1.54, 1.807) is 6.08 Å². The lowest BCUT2D eigenvalue weighted by Gasteiger charge is -2.20. The summed E-state index contributed by atoms with van der Waals surface area (Å²) >= 11 is 0. The maximum atomic E-state index is 12.5. The Labute approximate surface area is 520 Å². The summed E-state index contributed by atoms with van der Waals surface area (Å²) in [4.78, 5) is 24.6. The molecule has 0 aromatic heterocycles. The number of carbonyl (C=O) groups is 2. The minimum absolute atomic E-state index is 0.0282. The van der Waals surface area contributed by atoms with Gasteiger partial charge in [-0.25, -0.2) is 0 Å². The van der Waals surface area contributed by atoms with Gasteiger partial charge in [-0.2, -0.15) is 0 Å². The fourth-order valence-electron chi connectivity index (χ4n) is 12.5. The third kappa shape index (κ3) is 69.6. The van der Waals surface area contributed by atoms with Gasteiger partial charge in [0, 0.05) is 12.8 Å². The van der Waals surface area contributed by atoms with Gasteiger partial charge in [-0.3, -0.25) is 9.59 Å². The van der Waals surface area contributed by atoms with Crippen LogP contribution in [0.5, 0.6) is 0 Å². The summed E-state index contributed by atoms with van der Waals surface area (Å²) in [6, 6.07) is -0.621. The largest absolute Gasteiger partial charge is 0.466 e. The maximum Gasteiger partial charge on any atom is 0.305 e. The van der Waals surface area contributed by atoms with E-state index in [1.807, 2.05) is 6.08 Å². The Morgan fingerprint density at radius 2 is 0.554 bits per heavy atom. The quantitative estimate of drug-likeness (QED) is 0.0320. The molecule has 0 aromatic rings. The summed E-state index contributed by atoms with van der Waals surface area (Å²) in [5, 5.41) is 23.1. The van der Waals surface area contributed by atoms with Crippen LogP contribution >= 0.6 is 0 Å². The van der Waals surface area contributed by atoms with Crippen LogP contribution in [0.4, 0.5) is 0 Å². The molecule has 0 heterocycles. The molecule has 0 saturated carbocycles. The Morgan fingerprint density at radius 1 is 0.325 bits per heavy atom. The van der Waals surface area contributed by atoms with E-state index in [9.17, 15) is 19.8 Å². The zero-order valence-corrected chi connectivity index (χ0v) is 56.7. The van der Waals surface area contributed by atoms with Crippen molar-refractivity contribution in [1.29, 1.82) is 0 Å². The van der Waals surface area contributed by atoms with Gasteiger partial charge in [0.05, 0.1) is 25.4 Å². The molecule has 1 amide bonds. The molecule has 0 radical (unpaired) electrons. The highest BCUT2D eigenvalue weighted by Crippen LogP contribution is 2.20. The van der Waals surface area contributed by atoms with E-state index in [0.29, 0.717) is 19.4 Å². The standard InChI is InChI=1S/C77H151NO5/c1-3-5-7-9-11-13-15-17-18-40-44-47-51-55-59-63-67-71-77(82)83-72-68-64-60-56-52-48-45-42-39-37-35-33-31-29-27-25-23-21-19-20-22-24-26-28-30-32-34-36-38-41-43-46-50-54-58-62-66-70-76(81)78-74(73-79)75(80)69-65-61-57-53-49-16-14-12-10-8-6-4-2/h65,69,74-75,79-80H,3-64,66-68,70-73H2,1-2H3,(H,78,81)/b69-65+. The van der Waals surface area contributed by atoms with Crippen molar-refractivity contribution in [2.24, 2.45) is 0 Å². The molecule has 3 N–H and O–H groups in total. The van der Waals surface area contributed by atoms with Crippen molar-refractivity contribution in [3.8, 4) is 0 Å². The van der Waals surface area contributed by atoms with Crippen LogP contribution in [0.25, 0.3) is 0 Å². The number of unbranched alkanes of at least 4 members (excludes halogenated alkanes) is 62. The van der Waals surface area contributed by atoms with E-state index in [2.05, 4.69) is 19.2 Å². The van der Waals surface area contributed by atoms with Crippen LogP contribution in [0.15, 0.2) is 12.2 Å². The predicted octanol–water partition coefficient (Wildman–Crippen LogP) is 25.1. The Hall–Kier alpha value is -1.40. The average Bonchev–Trinajstić information content (AvgIpc) is 3.49. The molecule has 0 bridgehead atoms. The Morgan fingerprint density at radius 3 is 0.819 bits per heavy atom. The average molecular weight is 1170 g/mol. The van der Waals surface area contributed by atoms with Crippen LogP contribution in [-0.2, 0) is 14.3 Å². The smallest absolute Gasteiger partial charge is 0.305 e.